The third kappa shape index (κ3) is 3.55. The maximum atomic E-state index is 12.4. The predicted molar refractivity (Wildman–Crippen MR) is 98.3 cm³/mol. The third-order valence-corrected chi connectivity index (χ3v) is 4.96. The number of ketones is 1. The lowest BCUT2D eigenvalue weighted by molar-refractivity contribution is 0.104. The van der Waals surface area contributed by atoms with Gasteiger partial charge in [-0.3, -0.25) is 4.79 Å². The van der Waals surface area contributed by atoms with Crippen LogP contribution in [0.5, 0.6) is 11.5 Å². The molecule has 0 amide bonds. The number of thiazole rings is 1. The molecule has 0 saturated heterocycles. The SMILES string of the molecule is COc1ccc(C(=O)/C=C/c2csc(-c3ccsc3)n2)c(OC)c1. The Kier molecular flexibility index (Phi) is 5.08. The van der Waals surface area contributed by atoms with Crippen molar-refractivity contribution in [2.45, 2.75) is 0 Å². The van der Waals surface area contributed by atoms with E-state index in [1.165, 1.54) is 13.2 Å². The normalized spacial score (nSPS) is 10.9. The molecule has 6 heteroatoms. The van der Waals surface area contributed by atoms with Gasteiger partial charge in [-0.1, -0.05) is 0 Å². The van der Waals surface area contributed by atoms with E-state index < -0.39 is 0 Å². The number of ether oxygens (including phenoxy) is 2. The molecule has 3 rings (SSSR count). The van der Waals surface area contributed by atoms with Crippen LogP contribution in [-0.4, -0.2) is 25.0 Å². The number of thiophene rings is 1. The zero-order chi connectivity index (χ0) is 16.9. The van der Waals surface area contributed by atoms with Gasteiger partial charge < -0.3 is 9.47 Å². The van der Waals surface area contributed by atoms with Crippen LogP contribution in [-0.2, 0) is 0 Å². The van der Waals surface area contributed by atoms with E-state index in [4.69, 9.17) is 9.47 Å². The fraction of sp³-hybridized carbons (Fsp3) is 0.111. The van der Waals surface area contributed by atoms with Crippen molar-refractivity contribution in [1.29, 1.82) is 0 Å². The molecule has 3 aromatic rings. The molecular weight excluding hydrogens is 342 g/mol. The second-order valence-electron chi connectivity index (χ2n) is 4.85. The van der Waals surface area contributed by atoms with Crippen molar-refractivity contribution in [1.82, 2.24) is 4.98 Å². The number of hydrogen-bond acceptors (Lipinski definition) is 6. The maximum Gasteiger partial charge on any atom is 0.189 e. The Bertz CT molecular complexity index is 866. The van der Waals surface area contributed by atoms with Crippen LogP contribution in [0.2, 0.25) is 0 Å². The number of rotatable bonds is 6. The molecule has 2 aromatic heterocycles. The van der Waals surface area contributed by atoms with Gasteiger partial charge in [0.2, 0.25) is 0 Å². The summed E-state index contributed by atoms with van der Waals surface area (Å²) in [5.41, 5.74) is 2.36. The van der Waals surface area contributed by atoms with Gasteiger partial charge in [-0.15, -0.1) is 11.3 Å². The Morgan fingerprint density at radius 3 is 2.75 bits per heavy atom. The van der Waals surface area contributed by atoms with E-state index in [9.17, 15) is 4.79 Å². The first-order chi connectivity index (χ1) is 11.7. The average molecular weight is 357 g/mol. The molecule has 122 valence electrons. The van der Waals surface area contributed by atoms with Crippen molar-refractivity contribution in [3.05, 3.63) is 57.7 Å². The molecule has 0 spiro atoms. The second-order valence-corrected chi connectivity index (χ2v) is 6.49. The summed E-state index contributed by atoms with van der Waals surface area (Å²) in [6.07, 6.45) is 3.23. The van der Waals surface area contributed by atoms with Crippen molar-refractivity contribution in [2.75, 3.05) is 14.2 Å². The van der Waals surface area contributed by atoms with Crippen LogP contribution in [0.15, 0.2) is 46.5 Å². The zero-order valence-electron chi connectivity index (χ0n) is 13.2. The fourth-order valence-corrected chi connectivity index (χ4v) is 3.63. The molecule has 0 N–H and O–H groups in total. The van der Waals surface area contributed by atoms with E-state index in [2.05, 4.69) is 10.4 Å². The van der Waals surface area contributed by atoms with Crippen LogP contribution >= 0.6 is 22.7 Å². The Balaban J connectivity index is 1.78. The highest BCUT2D eigenvalue weighted by molar-refractivity contribution is 7.14. The van der Waals surface area contributed by atoms with Crippen LogP contribution in [0, 0.1) is 0 Å². The molecule has 0 atom stereocenters. The highest BCUT2D eigenvalue weighted by atomic mass is 32.1. The molecule has 0 aliphatic heterocycles. The minimum atomic E-state index is -0.139. The molecule has 4 nitrogen and oxygen atoms in total. The van der Waals surface area contributed by atoms with Crippen LogP contribution in [0.25, 0.3) is 16.6 Å². The molecular formula is C18H15NO3S2. The summed E-state index contributed by atoms with van der Waals surface area (Å²) < 4.78 is 10.4. The topological polar surface area (TPSA) is 48.4 Å². The molecule has 2 heterocycles. The summed E-state index contributed by atoms with van der Waals surface area (Å²) in [4.78, 5) is 16.9. The van der Waals surface area contributed by atoms with Crippen LogP contribution in [0.3, 0.4) is 0 Å². The molecule has 0 bridgehead atoms. The van der Waals surface area contributed by atoms with E-state index in [0.717, 1.165) is 16.3 Å². The Morgan fingerprint density at radius 2 is 2.04 bits per heavy atom. The monoisotopic (exact) mass is 357 g/mol. The summed E-state index contributed by atoms with van der Waals surface area (Å²) in [6.45, 7) is 0. The van der Waals surface area contributed by atoms with Gasteiger partial charge in [-0.2, -0.15) is 11.3 Å². The average Bonchev–Trinajstić information content (AvgIpc) is 3.30. The summed E-state index contributed by atoms with van der Waals surface area (Å²) in [5.74, 6) is 0.994. The lowest BCUT2D eigenvalue weighted by atomic mass is 10.1. The van der Waals surface area contributed by atoms with Crippen LogP contribution in [0.1, 0.15) is 16.1 Å². The molecule has 24 heavy (non-hydrogen) atoms. The predicted octanol–water partition coefficient (Wildman–Crippen LogP) is 4.78. The second kappa shape index (κ2) is 7.42. The first-order valence-electron chi connectivity index (χ1n) is 7.14. The fourth-order valence-electron chi connectivity index (χ4n) is 2.13. The molecule has 0 aliphatic carbocycles. The van der Waals surface area contributed by atoms with E-state index in [0.29, 0.717) is 17.1 Å². The molecule has 0 saturated carbocycles. The van der Waals surface area contributed by atoms with Gasteiger partial charge in [-0.05, 0) is 35.7 Å². The molecule has 0 radical (unpaired) electrons. The standard InChI is InChI=1S/C18H15NO3S2/c1-21-14-4-5-15(17(9-14)22-2)16(20)6-3-13-11-24-18(19-13)12-7-8-23-10-12/h3-11H,1-2H3/b6-3+. The zero-order valence-corrected chi connectivity index (χ0v) is 14.8. The Labute approximate surface area is 148 Å². The van der Waals surface area contributed by atoms with Gasteiger partial charge in [0.05, 0.1) is 25.5 Å². The highest BCUT2D eigenvalue weighted by Gasteiger charge is 2.11. The van der Waals surface area contributed by atoms with Gasteiger partial charge in [0.1, 0.15) is 16.5 Å². The number of benzene rings is 1. The summed E-state index contributed by atoms with van der Waals surface area (Å²) >= 11 is 3.20. The van der Waals surface area contributed by atoms with Crippen molar-refractivity contribution in [3.8, 4) is 22.1 Å². The van der Waals surface area contributed by atoms with Crippen LogP contribution < -0.4 is 9.47 Å². The molecule has 0 unspecified atom stereocenters. The molecule has 0 aliphatic rings. The maximum absolute atomic E-state index is 12.4. The lowest BCUT2D eigenvalue weighted by Crippen LogP contribution is -1.99. The van der Waals surface area contributed by atoms with Gasteiger partial charge in [0, 0.05) is 22.4 Å². The molecule has 1 aromatic carbocycles. The highest BCUT2D eigenvalue weighted by Crippen LogP contribution is 2.27. The van der Waals surface area contributed by atoms with Gasteiger partial charge in [0.25, 0.3) is 0 Å². The third-order valence-electron chi connectivity index (χ3n) is 3.37. The smallest absolute Gasteiger partial charge is 0.189 e. The van der Waals surface area contributed by atoms with Gasteiger partial charge in [0.15, 0.2) is 5.78 Å². The number of methoxy groups -OCH3 is 2. The number of allylic oxidation sites excluding steroid dienone is 1. The van der Waals surface area contributed by atoms with Crippen molar-refractivity contribution >= 4 is 34.5 Å². The number of nitrogens with zero attached hydrogens (tertiary/aromatic N) is 1. The number of carbonyl (C=O) groups excluding carboxylic acids is 1. The minimum Gasteiger partial charge on any atom is -0.497 e. The summed E-state index contributed by atoms with van der Waals surface area (Å²) in [6, 6.07) is 7.16. The lowest BCUT2D eigenvalue weighted by Gasteiger charge is -2.07. The minimum absolute atomic E-state index is 0.139. The van der Waals surface area contributed by atoms with Gasteiger partial charge in [-0.25, -0.2) is 4.98 Å². The van der Waals surface area contributed by atoms with E-state index in [1.54, 1.807) is 54.1 Å². The number of carbonyl (C=O) groups is 1. The van der Waals surface area contributed by atoms with E-state index in [-0.39, 0.29) is 5.78 Å². The summed E-state index contributed by atoms with van der Waals surface area (Å²) in [5, 5.41) is 6.96. The number of hydrogen-bond donors (Lipinski definition) is 0. The van der Waals surface area contributed by atoms with Crippen molar-refractivity contribution < 1.29 is 14.3 Å². The van der Waals surface area contributed by atoms with Crippen molar-refractivity contribution in [3.63, 3.8) is 0 Å². The quantitative estimate of drug-likeness (QED) is 0.470. The first-order valence-corrected chi connectivity index (χ1v) is 8.96. The van der Waals surface area contributed by atoms with Gasteiger partial charge >= 0.3 is 0 Å². The van der Waals surface area contributed by atoms with E-state index in [1.807, 2.05) is 16.8 Å². The largest absolute Gasteiger partial charge is 0.497 e. The molecule has 0 fully saturated rings. The van der Waals surface area contributed by atoms with E-state index >= 15 is 0 Å². The van der Waals surface area contributed by atoms with Crippen LogP contribution in [0.4, 0.5) is 0 Å². The van der Waals surface area contributed by atoms with Crippen molar-refractivity contribution in [2.24, 2.45) is 0 Å². The first kappa shape index (κ1) is 16.4. The summed E-state index contributed by atoms with van der Waals surface area (Å²) in [7, 11) is 3.10. The number of aromatic nitrogens is 1. The Morgan fingerprint density at radius 1 is 1.17 bits per heavy atom. The Hall–Kier alpha value is -2.44.